The number of aryl methyl sites for hydroxylation is 1. The first kappa shape index (κ1) is 20.7. The molecule has 3 rings (SSSR count). The average Bonchev–Trinajstić information content (AvgIpc) is 2.67. The molecule has 3 aromatic rings. The van der Waals surface area contributed by atoms with E-state index in [1.54, 1.807) is 61.5 Å². The third-order valence-electron chi connectivity index (χ3n) is 4.10. The molecule has 9 heteroatoms. The van der Waals surface area contributed by atoms with Gasteiger partial charge in [-0.05, 0) is 47.9 Å². The van der Waals surface area contributed by atoms with Crippen LogP contribution in [0.5, 0.6) is 11.6 Å². The Kier molecular flexibility index (Phi) is 5.52. The van der Waals surface area contributed by atoms with Gasteiger partial charge < -0.3 is 8.92 Å². The van der Waals surface area contributed by atoms with Crippen LogP contribution in [0.2, 0.25) is 0 Å². The van der Waals surface area contributed by atoms with Crippen LogP contribution in [0.4, 0.5) is 13.2 Å². The molecule has 0 spiro atoms. The van der Waals surface area contributed by atoms with Crippen molar-refractivity contribution in [1.29, 1.82) is 0 Å². The van der Waals surface area contributed by atoms with Crippen LogP contribution in [0.1, 0.15) is 5.56 Å². The summed E-state index contributed by atoms with van der Waals surface area (Å²) < 4.78 is 70.6. The molecule has 1 aromatic heterocycles. The summed E-state index contributed by atoms with van der Waals surface area (Å²) >= 11 is 0. The van der Waals surface area contributed by atoms with Crippen molar-refractivity contribution in [2.24, 2.45) is 0 Å². The monoisotopic (exact) mass is 423 g/mol. The molecule has 2 aromatic carbocycles. The molecule has 0 aliphatic heterocycles. The van der Waals surface area contributed by atoms with Crippen LogP contribution in [0, 0.1) is 6.92 Å². The second kappa shape index (κ2) is 7.75. The lowest BCUT2D eigenvalue weighted by Gasteiger charge is -2.13. The van der Waals surface area contributed by atoms with E-state index in [0.717, 1.165) is 11.6 Å². The molecule has 0 saturated carbocycles. The molecular formula is C20H16F3NO4S. The molecule has 1 heterocycles. The molecule has 152 valence electrons. The Morgan fingerprint density at radius 2 is 1.62 bits per heavy atom. The quantitative estimate of drug-likeness (QED) is 0.429. The van der Waals surface area contributed by atoms with E-state index < -0.39 is 21.5 Å². The summed E-state index contributed by atoms with van der Waals surface area (Å²) in [5, 5.41) is 0. The Hall–Kier alpha value is -3.07. The van der Waals surface area contributed by atoms with E-state index in [1.165, 1.54) is 7.11 Å². The third-order valence-corrected chi connectivity index (χ3v) is 5.05. The second-order valence-corrected chi connectivity index (χ2v) is 7.65. The Balaban J connectivity index is 2.16. The minimum absolute atomic E-state index is 0.263. The molecule has 0 atom stereocenters. The average molecular weight is 423 g/mol. The number of hydrogen-bond donors (Lipinski definition) is 0. The first-order valence-corrected chi connectivity index (χ1v) is 9.75. The lowest BCUT2D eigenvalue weighted by atomic mass is 10.0. The second-order valence-electron chi connectivity index (χ2n) is 6.11. The van der Waals surface area contributed by atoms with Crippen molar-refractivity contribution in [1.82, 2.24) is 4.98 Å². The Labute approximate surface area is 165 Å². The minimum atomic E-state index is -5.85. The maximum atomic E-state index is 12.8. The predicted octanol–water partition coefficient (Wildman–Crippen LogP) is 4.96. The van der Waals surface area contributed by atoms with Gasteiger partial charge in [0.05, 0.1) is 12.8 Å². The predicted molar refractivity (Wildman–Crippen MR) is 102 cm³/mol. The molecule has 0 amide bonds. The topological polar surface area (TPSA) is 65.5 Å². The highest BCUT2D eigenvalue weighted by molar-refractivity contribution is 7.87. The maximum Gasteiger partial charge on any atom is 0.534 e. The van der Waals surface area contributed by atoms with E-state index in [2.05, 4.69) is 9.17 Å². The van der Waals surface area contributed by atoms with Gasteiger partial charge in [0.25, 0.3) is 0 Å². The van der Waals surface area contributed by atoms with E-state index in [1.807, 2.05) is 0 Å². The van der Waals surface area contributed by atoms with Crippen molar-refractivity contribution in [2.45, 2.75) is 12.4 Å². The number of methoxy groups -OCH3 is 1. The number of halogens is 3. The summed E-state index contributed by atoms with van der Waals surface area (Å²) in [7, 11) is -4.34. The zero-order valence-corrected chi connectivity index (χ0v) is 16.2. The zero-order valence-electron chi connectivity index (χ0n) is 15.4. The summed E-state index contributed by atoms with van der Waals surface area (Å²) in [6.45, 7) is 1.78. The minimum Gasteiger partial charge on any atom is -0.497 e. The van der Waals surface area contributed by atoms with Gasteiger partial charge in [-0.25, -0.2) is 4.98 Å². The fourth-order valence-corrected chi connectivity index (χ4v) is 3.10. The maximum absolute atomic E-state index is 12.8. The molecule has 0 fully saturated rings. The van der Waals surface area contributed by atoms with E-state index >= 15 is 0 Å². The van der Waals surface area contributed by atoms with Gasteiger partial charge in [0, 0.05) is 11.6 Å². The van der Waals surface area contributed by atoms with Crippen molar-refractivity contribution in [3.63, 3.8) is 0 Å². The summed E-state index contributed by atoms with van der Waals surface area (Å²) in [5.41, 5.74) is -2.84. The van der Waals surface area contributed by atoms with Crippen molar-refractivity contribution < 1.29 is 30.5 Å². The van der Waals surface area contributed by atoms with E-state index in [-0.39, 0.29) is 5.69 Å². The molecule has 0 N–H and O–H groups in total. The highest BCUT2D eigenvalue weighted by atomic mass is 32.2. The first-order valence-electron chi connectivity index (χ1n) is 8.34. The van der Waals surface area contributed by atoms with Crippen molar-refractivity contribution >= 4 is 10.1 Å². The lowest BCUT2D eigenvalue weighted by molar-refractivity contribution is -0.0501. The molecule has 0 aliphatic carbocycles. The van der Waals surface area contributed by atoms with Gasteiger partial charge in [-0.3, -0.25) is 0 Å². The van der Waals surface area contributed by atoms with Gasteiger partial charge in [0.1, 0.15) is 5.75 Å². The Morgan fingerprint density at radius 3 is 2.21 bits per heavy atom. The third kappa shape index (κ3) is 4.51. The normalized spacial score (nSPS) is 11.9. The lowest BCUT2D eigenvalue weighted by Crippen LogP contribution is -2.28. The smallest absolute Gasteiger partial charge is 0.497 e. The largest absolute Gasteiger partial charge is 0.534 e. The van der Waals surface area contributed by atoms with Gasteiger partial charge in [-0.15, -0.1) is 0 Å². The molecule has 0 radical (unpaired) electrons. The molecule has 0 saturated heterocycles. The van der Waals surface area contributed by atoms with Crippen molar-refractivity contribution in [3.05, 3.63) is 66.2 Å². The number of ether oxygens (including phenoxy) is 1. The molecule has 0 aliphatic rings. The van der Waals surface area contributed by atoms with Gasteiger partial charge in [0.15, 0.2) is 0 Å². The fourth-order valence-electron chi connectivity index (χ4n) is 2.69. The van der Waals surface area contributed by atoms with Crippen LogP contribution >= 0.6 is 0 Å². The van der Waals surface area contributed by atoms with Gasteiger partial charge in [-0.1, -0.05) is 30.3 Å². The van der Waals surface area contributed by atoms with Gasteiger partial charge >= 0.3 is 15.6 Å². The van der Waals surface area contributed by atoms with E-state index in [0.29, 0.717) is 22.4 Å². The molecular weight excluding hydrogens is 407 g/mol. The highest BCUT2D eigenvalue weighted by Gasteiger charge is 2.49. The number of benzene rings is 2. The highest BCUT2D eigenvalue weighted by Crippen LogP contribution is 2.33. The number of pyridine rings is 1. The Bertz CT molecular complexity index is 1130. The number of hydrogen-bond acceptors (Lipinski definition) is 5. The van der Waals surface area contributed by atoms with E-state index in [4.69, 9.17) is 4.74 Å². The van der Waals surface area contributed by atoms with E-state index in [9.17, 15) is 21.6 Å². The number of rotatable bonds is 5. The summed E-state index contributed by atoms with van der Waals surface area (Å²) in [5.74, 6) is -0.0736. The SMILES string of the molecule is COc1ccc(-c2cc(-c3ccccc3)cc(OS(=O)(=O)C(F)(F)F)n2)c(C)c1. The van der Waals surface area contributed by atoms with Crippen LogP contribution in [0.15, 0.2) is 60.7 Å². The first-order chi connectivity index (χ1) is 13.6. The van der Waals surface area contributed by atoms with Crippen LogP contribution < -0.4 is 8.92 Å². The number of nitrogens with zero attached hydrogens (tertiary/aromatic N) is 1. The fraction of sp³-hybridized carbons (Fsp3) is 0.150. The van der Waals surface area contributed by atoms with Crippen molar-refractivity contribution in [3.8, 4) is 34.0 Å². The summed E-state index contributed by atoms with van der Waals surface area (Å²) in [6.07, 6.45) is 0. The van der Waals surface area contributed by atoms with Crippen molar-refractivity contribution in [2.75, 3.05) is 7.11 Å². The molecule has 5 nitrogen and oxygen atoms in total. The summed E-state index contributed by atoms with van der Waals surface area (Å²) in [4.78, 5) is 4.00. The van der Waals surface area contributed by atoms with Crippen LogP contribution in [0.25, 0.3) is 22.4 Å². The Morgan fingerprint density at radius 1 is 0.931 bits per heavy atom. The number of alkyl halides is 3. The van der Waals surface area contributed by atoms with Gasteiger partial charge in [-0.2, -0.15) is 21.6 Å². The standard InChI is InChI=1S/C20H16F3NO4S/c1-13-10-16(27-2)8-9-17(13)18-11-15(14-6-4-3-5-7-14)12-19(24-18)28-29(25,26)20(21,22)23/h3-12H,1-2H3. The number of aromatic nitrogens is 1. The zero-order chi connectivity index (χ0) is 21.2. The van der Waals surface area contributed by atoms with Crippen LogP contribution in [0.3, 0.4) is 0 Å². The molecule has 29 heavy (non-hydrogen) atoms. The van der Waals surface area contributed by atoms with Crippen LogP contribution in [-0.4, -0.2) is 26.0 Å². The molecule has 0 unspecified atom stereocenters. The summed E-state index contributed by atoms with van der Waals surface area (Å²) in [6, 6.07) is 16.7. The van der Waals surface area contributed by atoms with Gasteiger partial charge in [0.2, 0.25) is 5.88 Å². The molecule has 0 bridgehead atoms. The van der Waals surface area contributed by atoms with Crippen LogP contribution in [-0.2, 0) is 10.1 Å².